The molecule has 1 unspecified atom stereocenters. The molecule has 0 aliphatic carbocycles. The van der Waals surface area contributed by atoms with Gasteiger partial charge in [0.05, 0.1) is 15.9 Å². The van der Waals surface area contributed by atoms with Crippen molar-refractivity contribution in [2.45, 2.75) is 31.7 Å². The molecule has 1 fully saturated rings. The van der Waals surface area contributed by atoms with Crippen molar-refractivity contribution in [3.63, 3.8) is 0 Å². The first-order valence-electron chi connectivity index (χ1n) is 10.1. The fourth-order valence-electron chi connectivity index (χ4n) is 3.53. The molecule has 2 aromatic carbocycles. The molecule has 1 aliphatic heterocycles. The van der Waals surface area contributed by atoms with Crippen molar-refractivity contribution < 1.29 is 22.5 Å². The first kappa shape index (κ1) is 23.8. The highest BCUT2D eigenvalue weighted by atomic mass is 32.2. The topological polar surface area (TPSA) is 113 Å². The summed E-state index contributed by atoms with van der Waals surface area (Å²) in [6.07, 6.45) is 0. The molecule has 0 saturated carbocycles. The van der Waals surface area contributed by atoms with Crippen molar-refractivity contribution in [3.05, 3.63) is 63.5 Å². The number of hydrogen-bond acceptors (Lipinski definition) is 6. The van der Waals surface area contributed by atoms with Gasteiger partial charge in [-0.1, -0.05) is 12.1 Å². The molecule has 2 aromatic rings. The lowest BCUT2D eigenvalue weighted by Crippen LogP contribution is -2.54. The second kappa shape index (κ2) is 9.31. The zero-order chi connectivity index (χ0) is 23.6. The Labute approximate surface area is 186 Å². The van der Waals surface area contributed by atoms with Crippen LogP contribution in [0.2, 0.25) is 0 Å². The van der Waals surface area contributed by atoms with E-state index in [1.54, 1.807) is 32.9 Å². The van der Waals surface area contributed by atoms with E-state index in [9.17, 15) is 27.7 Å². The summed E-state index contributed by atoms with van der Waals surface area (Å²) in [5.41, 5.74) is 0.974. The number of carbonyl (C=O) groups excluding carboxylic acids is 1. The van der Waals surface area contributed by atoms with Crippen LogP contribution in [0.25, 0.3) is 0 Å². The first-order valence-corrected chi connectivity index (χ1v) is 11.5. The van der Waals surface area contributed by atoms with Gasteiger partial charge in [-0.05, 0) is 44.0 Å². The number of hydrogen-bond donors (Lipinski definition) is 1. The van der Waals surface area contributed by atoms with Crippen LogP contribution < -0.4 is 5.32 Å². The Morgan fingerprint density at radius 1 is 1.09 bits per heavy atom. The molecular weight excluding hydrogens is 439 g/mol. The van der Waals surface area contributed by atoms with Gasteiger partial charge < -0.3 is 5.32 Å². The summed E-state index contributed by atoms with van der Waals surface area (Å²) in [4.78, 5) is 24.8. The lowest BCUT2D eigenvalue weighted by atomic mass is 10.2. The highest BCUT2D eigenvalue weighted by Crippen LogP contribution is 2.26. The van der Waals surface area contributed by atoms with Crippen LogP contribution >= 0.6 is 0 Å². The van der Waals surface area contributed by atoms with Gasteiger partial charge in [0.25, 0.3) is 5.69 Å². The molecule has 0 aromatic heterocycles. The lowest BCUT2D eigenvalue weighted by molar-refractivity contribution is -0.385. The minimum Gasteiger partial charge on any atom is -0.325 e. The fourth-order valence-corrected chi connectivity index (χ4v) is 5.20. The Balaban J connectivity index is 1.66. The summed E-state index contributed by atoms with van der Waals surface area (Å²) in [6, 6.07) is 7.67. The molecule has 0 radical (unpaired) electrons. The molecule has 1 heterocycles. The van der Waals surface area contributed by atoms with E-state index >= 15 is 0 Å². The Bertz CT molecular complexity index is 1150. The van der Waals surface area contributed by atoms with Crippen LogP contribution in [0.15, 0.2) is 41.3 Å². The molecule has 32 heavy (non-hydrogen) atoms. The van der Waals surface area contributed by atoms with Crippen molar-refractivity contribution in [2.75, 3.05) is 31.5 Å². The second-order valence-electron chi connectivity index (χ2n) is 7.78. The summed E-state index contributed by atoms with van der Waals surface area (Å²) < 4.78 is 41.1. The summed E-state index contributed by atoms with van der Waals surface area (Å²) >= 11 is 0. The smallest absolute Gasteiger partial charge is 0.270 e. The zero-order valence-electron chi connectivity index (χ0n) is 18.0. The Morgan fingerprint density at radius 2 is 1.72 bits per heavy atom. The molecule has 1 N–H and O–H groups in total. The van der Waals surface area contributed by atoms with Gasteiger partial charge in [-0.25, -0.2) is 12.8 Å². The van der Waals surface area contributed by atoms with E-state index in [-0.39, 0.29) is 29.6 Å². The molecule has 11 heteroatoms. The number of aryl methyl sites for hydroxylation is 2. The van der Waals surface area contributed by atoms with Crippen molar-refractivity contribution in [1.29, 1.82) is 0 Å². The summed E-state index contributed by atoms with van der Waals surface area (Å²) in [7, 11) is -3.92. The van der Waals surface area contributed by atoms with E-state index in [2.05, 4.69) is 5.32 Å². The third-order valence-electron chi connectivity index (χ3n) is 5.64. The highest BCUT2D eigenvalue weighted by Gasteiger charge is 2.33. The lowest BCUT2D eigenvalue weighted by Gasteiger charge is -2.36. The number of rotatable bonds is 6. The van der Waals surface area contributed by atoms with Gasteiger partial charge in [-0.15, -0.1) is 0 Å². The third kappa shape index (κ3) is 4.95. The number of halogens is 1. The summed E-state index contributed by atoms with van der Waals surface area (Å²) in [6.45, 7) is 5.82. The average molecular weight is 465 g/mol. The Morgan fingerprint density at radius 3 is 2.31 bits per heavy atom. The normalized spacial score (nSPS) is 16.5. The molecular formula is C21H25FN4O5S. The van der Waals surface area contributed by atoms with Gasteiger partial charge in [-0.3, -0.25) is 19.8 Å². The zero-order valence-corrected chi connectivity index (χ0v) is 18.9. The predicted molar refractivity (Wildman–Crippen MR) is 117 cm³/mol. The molecule has 1 atom stereocenters. The van der Waals surface area contributed by atoms with E-state index in [0.29, 0.717) is 29.9 Å². The SMILES string of the molecule is Cc1ccc(NC(=O)C(C)N2CCN(S(=O)(=O)c3cc([N+](=O)[O-])ccc3C)CC2)cc1F. The quantitative estimate of drug-likeness (QED) is 0.520. The van der Waals surface area contributed by atoms with Crippen molar-refractivity contribution >= 4 is 27.3 Å². The van der Waals surface area contributed by atoms with Gasteiger partial charge in [0.2, 0.25) is 15.9 Å². The molecule has 3 rings (SSSR count). The van der Waals surface area contributed by atoms with Gasteiger partial charge in [0.15, 0.2) is 0 Å². The van der Waals surface area contributed by atoms with Crippen LogP contribution in [0.5, 0.6) is 0 Å². The van der Waals surface area contributed by atoms with Gasteiger partial charge in [-0.2, -0.15) is 4.31 Å². The van der Waals surface area contributed by atoms with Crippen LogP contribution in [0.4, 0.5) is 15.8 Å². The molecule has 1 aliphatic rings. The van der Waals surface area contributed by atoms with Gasteiger partial charge in [0.1, 0.15) is 5.82 Å². The average Bonchev–Trinajstić information content (AvgIpc) is 2.75. The number of nitro groups is 1. The van der Waals surface area contributed by atoms with Gasteiger partial charge >= 0.3 is 0 Å². The number of nitrogens with one attached hydrogen (secondary N) is 1. The Hall–Kier alpha value is -2.89. The van der Waals surface area contributed by atoms with Crippen LogP contribution in [0.1, 0.15) is 18.1 Å². The maximum Gasteiger partial charge on any atom is 0.270 e. The van der Waals surface area contributed by atoms with Crippen molar-refractivity contribution in [1.82, 2.24) is 9.21 Å². The van der Waals surface area contributed by atoms with Crippen LogP contribution in [-0.4, -0.2) is 60.7 Å². The van der Waals surface area contributed by atoms with E-state index < -0.39 is 26.8 Å². The number of sulfonamides is 1. The summed E-state index contributed by atoms with van der Waals surface area (Å²) in [5.74, 6) is -0.732. The molecule has 1 saturated heterocycles. The van der Waals surface area contributed by atoms with Crippen molar-refractivity contribution in [3.8, 4) is 0 Å². The van der Waals surface area contributed by atoms with E-state index in [1.807, 2.05) is 4.90 Å². The van der Waals surface area contributed by atoms with E-state index in [0.717, 1.165) is 6.07 Å². The molecule has 0 spiro atoms. The van der Waals surface area contributed by atoms with Crippen LogP contribution in [0, 0.1) is 29.8 Å². The van der Waals surface area contributed by atoms with E-state index in [4.69, 9.17) is 0 Å². The Kier molecular flexibility index (Phi) is 6.91. The number of non-ortho nitro benzene ring substituents is 1. The number of nitrogens with zero attached hydrogens (tertiary/aromatic N) is 3. The van der Waals surface area contributed by atoms with Crippen LogP contribution in [-0.2, 0) is 14.8 Å². The number of nitro benzene ring substituents is 1. The standard InChI is InChI=1S/C21H25FN4O5S/c1-14-4-6-17(12-19(14)22)23-21(27)16(3)24-8-10-25(11-9-24)32(30,31)20-13-18(26(28)29)7-5-15(20)2/h4-7,12-13,16H,8-11H2,1-3H3,(H,23,27). The minimum atomic E-state index is -3.92. The predicted octanol–water partition coefficient (Wildman–Crippen LogP) is 2.68. The number of anilines is 1. The number of piperazine rings is 1. The molecule has 172 valence electrons. The largest absolute Gasteiger partial charge is 0.325 e. The first-order chi connectivity index (χ1) is 15.0. The maximum atomic E-state index is 13.7. The molecule has 0 bridgehead atoms. The van der Waals surface area contributed by atoms with E-state index in [1.165, 1.54) is 22.5 Å². The number of amides is 1. The van der Waals surface area contributed by atoms with Crippen molar-refractivity contribution in [2.24, 2.45) is 0 Å². The maximum absolute atomic E-state index is 13.7. The summed E-state index contributed by atoms with van der Waals surface area (Å²) in [5, 5.41) is 13.7. The fraction of sp³-hybridized carbons (Fsp3) is 0.381. The number of carbonyl (C=O) groups is 1. The van der Waals surface area contributed by atoms with Crippen LogP contribution in [0.3, 0.4) is 0 Å². The van der Waals surface area contributed by atoms with Gasteiger partial charge in [0, 0.05) is 44.0 Å². The molecule has 1 amide bonds. The monoisotopic (exact) mass is 464 g/mol. The molecule has 9 nitrogen and oxygen atoms in total. The minimum absolute atomic E-state index is 0.0904. The third-order valence-corrected chi connectivity index (χ3v) is 7.68. The second-order valence-corrected chi connectivity index (χ2v) is 9.68. The highest BCUT2D eigenvalue weighted by molar-refractivity contribution is 7.89. The number of benzene rings is 2.